The Morgan fingerprint density at radius 2 is 1.80 bits per heavy atom. The fourth-order valence-electron chi connectivity index (χ4n) is 4.10. The fraction of sp³-hybridized carbons (Fsp3) is 0.391. The van der Waals surface area contributed by atoms with Gasteiger partial charge in [-0.1, -0.05) is 6.07 Å². The molecule has 1 aliphatic heterocycles. The van der Waals surface area contributed by atoms with Crippen LogP contribution in [0.4, 0.5) is 13.2 Å². The molecule has 0 amide bonds. The number of aromatic nitrogens is 4. The van der Waals surface area contributed by atoms with E-state index in [0.717, 1.165) is 28.5 Å². The second-order valence-electron chi connectivity index (χ2n) is 8.64. The second kappa shape index (κ2) is 9.17. The average molecular weight is 489 g/mol. The van der Waals surface area contributed by atoms with E-state index in [1.54, 1.807) is 17.1 Å². The SMILES string of the molecule is CC(=O)c1nn(CC(=O)[C@@H]2C[C@H]3C[C@H]3N2)c2ccc(-c3cnc(C)nc3)cc12.O=C(O)C(F)(F)F. The van der Waals surface area contributed by atoms with Gasteiger partial charge in [0.2, 0.25) is 0 Å². The van der Waals surface area contributed by atoms with Crippen LogP contribution in [0, 0.1) is 12.8 Å². The van der Waals surface area contributed by atoms with Crippen LogP contribution in [-0.2, 0) is 16.1 Å². The van der Waals surface area contributed by atoms with Crippen LogP contribution in [0.5, 0.6) is 0 Å². The van der Waals surface area contributed by atoms with Crippen molar-refractivity contribution in [3.63, 3.8) is 0 Å². The number of nitrogens with zero attached hydrogens (tertiary/aromatic N) is 4. The first-order valence-corrected chi connectivity index (χ1v) is 10.8. The number of fused-ring (bicyclic) bond motifs is 2. The van der Waals surface area contributed by atoms with Crippen LogP contribution in [0.3, 0.4) is 0 Å². The van der Waals surface area contributed by atoms with Gasteiger partial charge in [-0.3, -0.25) is 14.3 Å². The molecule has 184 valence electrons. The first kappa shape index (κ1) is 24.5. The van der Waals surface area contributed by atoms with Gasteiger partial charge in [-0.15, -0.1) is 0 Å². The molecule has 3 aromatic rings. The number of Topliss-reactive ketones (excluding diaryl/α,β-unsaturated/α-hetero) is 2. The van der Waals surface area contributed by atoms with E-state index in [9.17, 15) is 22.8 Å². The maximum Gasteiger partial charge on any atom is 0.490 e. The summed E-state index contributed by atoms with van der Waals surface area (Å²) in [7, 11) is 0. The summed E-state index contributed by atoms with van der Waals surface area (Å²) in [5, 5.41) is 15.7. The molecule has 2 N–H and O–H groups in total. The fourth-order valence-corrected chi connectivity index (χ4v) is 4.10. The standard InChI is InChI=1S/C21H21N5O2.C2HF3O2/c1-11(27)21-16-5-13(15-8-22-12(2)23-9-15)3-4-19(16)26(25-21)10-20(28)18-7-14-6-17(14)24-18;3-2(4,5)1(6)7/h3-5,8-9,14,17-18,24H,6-7,10H2,1-2H3;(H,6,7)/t14-,17-,18+;/m1./s1. The number of aliphatic carboxylic acids is 1. The van der Waals surface area contributed by atoms with Crippen molar-refractivity contribution in [3.8, 4) is 11.1 Å². The summed E-state index contributed by atoms with van der Waals surface area (Å²) >= 11 is 0. The van der Waals surface area contributed by atoms with Gasteiger partial charge in [0.15, 0.2) is 11.6 Å². The molecule has 2 aromatic heterocycles. The van der Waals surface area contributed by atoms with Crippen LogP contribution in [0.1, 0.15) is 36.1 Å². The molecule has 0 spiro atoms. The second-order valence-corrected chi connectivity index (χ2v) is 8.64. The van der Waals surface area contributed by atoms with Crippen molar-refractivity contribution >= 4 is 28.4 Å². The van der Waals surface area contributed by atoms with Gasteiger partial charge in [-0.25, -0.2) is 14.8 Å². The molecule has 3 heterocycles. The zero-order valence-corrected chi connectivity index (χ0v) is 18.8. The zero-order chi connectivity index (χ0) is 25.5. The smallest absolute Gasteiger partial charge is 0.475 e. The van der Waals surface area contributed by atoms with Crippen molar-refractivity contribution in [1.29, 1.82) is 0 Å². The predicted octanol–water partition coefficient (Wildman–Crippen LogP) is 2.96. The van der Waals surface area contributed by atoms with E-state index in [2.05, 4.69) is 20.4 Å². The third-order valence-electron chi connectivity index (χ3n) is 6.01. The van der Waals surface area contributed by atoms with E-state index in [-0.39, 0.29) is 24.2 Å². The number of carboxylic acids is 1. The van der Waals surface area contributed by atoms with Crippen molar-refractivity contribution < 1.29 is 32.7 Å². The molecule has 0 unspecified atom stereocenters. The minimum Gasteiger partial charge on any atom is -0.475 e. The first-order valence-electron chi connectivity index (χ1n) is 10.8. The molecule has 9 nitrogen and oxygen atoms in total. The van der Waals surface area contributed by atoms with Gasteiger partial charge in [-0.05, 0) is 43.4 Å². The van der Waals surface area contributed by atoms with Crippen molar-refractivity contribution in [3.05, 3.63) is 42.1 Å². The lowest BCUT2D eigenvalue weighted by atomic mass is 10.0. The van der Waals surface area contributed by atoms with Gasteiger partial charge < -0.3 is 10.4 Å². The third-order valence-corrected chi connectivity index (χ3v) is 6.01. The van der Waals surface area contributed by atoms with Crippen molar-refractivity contribution in [1.82, 2.24) is 25.1 Å². The lowest BCUT2D eigenvalue weighted by Crippen LogP contribution is -2.36. The minimum absolute atomic E-state index is 0.0900. The number of ketones is 2. The largest absolute Gasteiger partial charge is 0.490 e. The lowest BCUT2D eigenvalue weighted by Gasteiger charge is -2.12. The van der Waals surface area contributed by atoms with Crippen molar-refractivity contribution in [2.75, 3.05) is 0 Å². The van der Waals surface area contributed by atoms with Gasteiger partial charge in [-0.2, -0.15) is 18.3 Å². The molecule has 1 saturated carbocycles. The number of piperidine rings is 1. The zero-order valence-electron chi connectivity index (χ0n) is 18.8. The van der Waals surface area contributed by atoms with E-state index >= 15 is 0 Å². The van der Waals surface area contributed by atoms with Crippen molar-refractivity contribution in [2.45, 2.75) is 51.5 Å². The molecule has 3 atom stereocenters. The molecular weight excluding hydrogens is 467 g/mol. The Labute approximate surface area is 197 Å². The molecule has 0 radical (unpaired) electrons. The van der Waals surface area contributed by atoms with Gasteiger partial charge in [0.1, 0.15) is 18.1 Å². The molecule has 1 saturated heterocycles. The number of halogens is 3. The van der Waals surface area contributed by atoms with Crippen LogP contribution >= 0.6 is 0 Å². The van der Waals surface area contributed by atoms with Gasteiger partial charge in [0, 0.05) is 36.3 Å². The van der Waals surface area contributed by atoms with E-state index in [4.69, 9.17) is 9.90 Å². The monoisotopic (exact) mass is 489 g/mol. The predicted molar refractivity (Wildman–Crippen MR) is 118 cm³/mol. The van der Waals surface area contributed by atoms with Crippen molar-refractivity contribution in [2.24, 2.45) is 5.92 Å². The Morgan fingerprint density at radius 1 is 1.14 bits per heavy atom. The molecular formula is C23H22F3N5O4. The number of benzene rings is 1. The third kappa shape index (κ3) is 5.37. The summed E-state index contributed by atoms with van der Waals surface area (Å²) < 4.78 is 33.4. The normalized spacial score (nSPS) is 20.7. The van der Waals surface area contributed by atoms with Crippen LogP contribution < -0.4 is 5.32 Å². The Balaban J connectivity index is 0.000000364. The number of aryl methyl sites for hydroxylation is 1. The van der Waals surface area contributed by atoms with E-state index < -0.39 is 12.1 Å². The number of hydrogen-bond acceptors (Lipinski definition) is 7. The van der Waals surface area contributed by atoms with E-state index in [1.165, 1.54) is 13.3 Å². The minimum atomic E-state index is -5.08. The molecule has 1 aliphatic carbocycles. The van der Waals surface area contributed by atoms with Crippen LogP contribution in [0.15, 0.2) is 30.6 Å². The maximum absolute atomic E-state index is 12.7. The van der Waals surface area contributed by atoms with Crippen LogP contribution in [-0.4, -0.2) is 60.7 Å². The quantitative estimate of drug-likeness (QED) is 0.524. The Hall–Kier alpha value is -3.67. The number of alkyl halides is 3. The van der Waals surface area contributed by atoms with Gasteiger partial charge in [0.05, 0.1) is 11.6 Å². The molecule has 12 heteroatoms. The highest BCUT2D eigenvalue weighted by molar-refractivity contribution is 6.06. The number of carbonyl (C=O) groups excluding carboxylic acids is 2. The average Bonchev–Trinajstić information content (AvgIpc) is 3.23. The van der Waals surface area contributed by atoms with Crippen LogP contribution in [0.2, 0.25) is 0 Å². The van der Waals surface area contributed by atoms with E-state index in [1.807, 2.05) is 25.1 Å². The van der Waals surface area contributed by atoms with Crippen LogP contribution in [0.25, 0.3) is 22.0 Å². The highest BCUT2D eigenvalue weighted by Crippen LogP contribution is 2.41. The number of rotatable bonds is 5. The van der Waals surface area contributed by atoms with Gasteiger partial charge in [0.25, 0.3) is 0 Å². The number of nitrogens with one attached hydrogen (secondary N) is 1. The number of carboxylic acid groups (broad SMARTS) is 1. The molecule has 2 aliphatic rings. The number of hydrogen-bond donors (Lipinski definition) is 2. The summed E-state index contributed by atoms with van der Waals surface area (Å²) in [6.45, 7) is 3.51. The first-order chi connectivity index (χ1) is 16.4. The Morgan fingerprint density at radius 3 is 2.34 bits per heavy atom. The Kier molecular flexibility index (Phi) is 6.41. The highest BCUT2D eigenvalue weighted by Gasteiger charge is 2.47. The molecule has 35 heavy (non-hydrogen) atoms. The number of carbonyl (C=O) groups is 3. The topological polar surface area (TPSA) is 127 Å². The summed E-state index contributed by atoms with van der Waals surface area (Å²) in [6.07, 6.45) is 0.554. The highest BCUT2D eigenvalue weighted by atomic mass is 19.4. The molecule has 5 rings (SSSR count). The van der Waals surface area contributed by atoms with Gasteiger partial charge >= 0.3 is 12.1 Å². The molecule has 0 bridgehead atoms. The molecule has 1 aromatic carbocycles. The molecule has 2 fully saturated rings. The summed E-state index contributed by atoms with van der Waals surface area (Å²) in [5.74, 6) is -1.38. The van der Waals surface area contributed by atoms with E-state index in [0.29, 0.717) is 23.5 Å². The summed E-state index contributed by atoms with van der Waals surface area (Å²) in [4.78, 5) is 42.2. The Bertz CT molecular complexity index is 1290. The summed E-state index contributed by atoms with van der Waals surface area (Å²) in [5.41, 5.74) is 2.97. The maximum atomic E-state index is 12.7. The lowest BCUT2D eigenvalue weighted by molar-refractivity contribution is -0.192. The summed E-state index contributed by atoms with van der Waals surface area (Å²) in [6, 6.07) is 6.22.